The van der Waals surface area contributed by atoms with Crippen LogP contribution in [-0.2, 0) is 0 Å². The number of aromatic hydroxyl groups is 1. The Morgan fingerprint density at radius 1 is 1.04 bits per heavy atom. The van der Waals surface area contributed by atoms with Crippen molar-refractivity contribution in [2.75, 3.05) is 0 Å². The zero-order valence-corrected chi connectivity index (χ0v) is 15.3. The van der Waals surface area contributed by atoms with Crippen LogP contribution in [0.5, 0.6) is 11.6 Å². The summed E-state index contributed by atoms with van der Waals surface area (Å²) in [6.45, 7) is 0. The molecule has 142 valence electrons. The van der Waals surface area contributed by atoms with Gasteiger partial charge in [0, 0.05) is 55.0 Å². The predicted octanol–water partition coefficient (Wildman–Crippen LogP) is 2.55. The van der Waals surface area contributed by atoms with Gasteiger partial charge in [0.1, 0.15) is 11.9 Å². The quantitative estimate of drug-likeness (QED) is 0.729. The van der Waals surface area contributed by atoms with Crippen LogP contribution in [0.1, 0.15) is 19.3 Å². The summed E-state index contributed by atoms with van der Waals surface area (Å²) in [4.78, 5) is 4.03. The number of rotatable bonds is 4. The number of aromatic nitrogens is 4. The normalized spacial score (nSPS) is 30.1. The number of fused-ring (bicyclic) bond motifs is 5. The lowest BCUT2D eigenvalue weighted by atomic mass is 9.98. The number of nitrogens with one attached hydrogen (secondary N) is 1. The second-order valence-corrected chi connectivity index (χ2v) is 8.08. The fourth-order valence-corrected chi connectivity index (χ4v) is 4.93. The molecule has 3 fully saturated rings. The van der Waals surface area contributed by atoms with E-state index in [1.54, 1.807) is 18.6 Å². The summed E-state index contributed by atoms with van der Waals surface area (Å²) in [7, 11) is 0. The molecule has 3 aromatic rings. The highest BCUT2D eigenvalue weighted by Gasteiger charge is 2.57. The van der Waals surface area contributed by atoms with E-state index in [4.69, 9.17) is 4.74 Å². The van der Waals surface area contributed by atoms with Crippen molar-refractivity contribution in [1.82, 2.24) is 25.1 Å². The van der Waals surface area contributed by atoms with Crippen molar-refractivity contribution in [3.63, 3.8) is 0 Å². The molecule has 2 aliphatic heterocycles. The van der Waals surface area contributed by atoms with E-state index in [0.717, 1.165) is 30.4 Å². The maximum absolute atomic E-state index is 10.4. The maximum atomic E-state index is 10.4. The van der Waals surface area contributed by atoms with Gasteiger partial charge in [-0.2, -0.15) is 0 Å². The molecular weight excluding hydrogens is 354 g/mol. The molecule has 0 spiro atoms. The van der Waals surface area contributed by atoms with Gasteiger partial charge >= 0.3 is 0 Å². The number of benzene rings is 1. The first kappa shape index (κ1) is 16.1. The number of nitrogens with zero attached hydrogens (tertiary/aromatic N) is 4. The molecule has 1 aromatic carbocycles. The predicted molar refractivity (Wildman–Crippen MR) is 102 cm³/mol. The van der Waals surface area contributed by atoms with Crippen molar-refractivity contribution in [3.05, 3.63) is 49.1 Å². The lowest BCUT2D eigenvalue weighted by Gasteiger charge is -2.31. The molecule has 2 bridgehead atoms. The van der Waals surface area contributed by atoms with Gasteiger partial charge in [0.15, 0.2) is 0 Å². The monoisotopic (exact) mass is 375 g/mol. The van der Waals surface area contributed by atoms with Crippen LogP contribution in [0.25, 0.3) is 16.9 Å². The Balaban J connectivity index is 1.18. The summed E-state index contributed by atoms with van der Waals surface area (Å²) in [5, 5.41) is 22.7. The van der Waals surface area contributed by atoms with Gasteiger partial charge < -0.3 is 19.7 Å². The van der Waals surface area contributed by atoms with Crippen LogP contribution in [-0.4, -0.2) is 43.0 Å². The Hall–Kier alpha value is -2.93. The highest BCUT2D eigenvalue weighted by molar-refractivity contribution is 5.68. The summed E-state index contributed by atoms with van der Waals surface area (Å²) >= 11 is 0. The molecule has 4 unspecified atom stereocenters. The fraction of sp³-hybridized carbons (Fsp3) is 0.381. The number of phenolic OH excluding ortho intramolecular Hbond substituents is 1. The van der Waals surface area contributed by atoms with Gasteiger partial charge in [0.25, 0.3) is 0 Å². The van der Waals surface area contributed by atoms with Crippen molar-refractivity contribution < 1.29 is 9.84 Å². The molecule has 28 heavy (non-hydrogen) atoms. The van der Waals surface area contributed by atoms with Crippen molar-refractivity contribution in [2.45, 2.75) is 37.5 Å². The molecule has 4 heterocycles. The van der Waals surface area contributed by atoms with Gasteiger partial charge in [-0.3, -0.25) is 0 Å². The fourth-order valence-electron chi connectivity index (χ4n) is 4.93. The van der Waals surface area contributed by atoms with Crippen LogP contribution in [0.3, 0.4) is 0 Å². The highest BCUT2D eigenvalue weighted by atomic mass is 16.5. The Morgan fingerprint density at radius 3 is 2.57 bits per heavy atom. The highest BCUT2D eigenvalue weighted by Crippen LogP contribution is 2.53. The van der Waals surface area contributed by atoms with Crippen molar-refractivity contribution in [3.8, 4) is 28.6 Å². The average Bonchev–Trinajstić information content (AvgIpc) is 3.24. The Morgan fingerprint density at radius 2 is 1.89 bits per heavy atom. The molecular formula is C21H21N5O2. The van der Waals surface area contributed by atoms with Crippen molar-refractivity contribution in [2.24, 2.45) is 11.8 Å². The van der Waals surface area contributed by atoms with Gasteiger partial charge in [-0.15, -0.1) is 10.2 Å². The van der Waals surface area contributed by atoms with Crippen LogP contribution in [0.4, 0.5) is 0 Å². The summed E-state index contributed by atoms with van der Waals surface area (Å²) < 4.78 is 7.94. The first-order chi connectivity index (χ1) is 13.7. The van der Waals surface area contributed by atoms with E-state index in [9.17, 15) is 5.11 Å². The molecule has 1 saturated carbocycles. The number of hydrogen-bond acceptors (Lipinski definition) is 6. The third kappa shape index (κ3) is 2.65. The van der Waals surface area contributed by atoms with E-state index in [2.05, 4.69) is 20.5 Å². The molecule has 1 aliphatic carbocycles. The Labute approximate surface area is 162 Å². The van der Waals surface area contributed by atoms with Gasteiger partial charge in [-0.25, -0.2) is 4.98 Å². The lowest BCUT2D eigenvalue weighted by molar-refractivity contribution is 0.119. The van der Waals surface area contributed by atoms with Crippen LogP contribution in [0.15, 0.2) is 49.1 Å². The number of ether oxygens (including phenoxy) is 1. The molecule has 7 heteroatoms. The van der Waals surface area contributed by atoms with Crippen LogP contribution in [0, 0.1) is 11.8 Å². The molecule has 0 amide bonds. The topological polar surface area (TPSA) is 85.1 Å². The minimum absolute atomic E-state index is 0.156. The molecule has 4 atom stereocenters. The van der Waals surface area contributed by atoms with E-state index >= 15 is 0 Å². The minimum Gasteiger partial charge on any atom is -0.507 e. The molecule has 7 nitrogen and oxygen atoms in total. The van der Waals surface area contributed by atoms with Gasteiger partial charge in [0.2, 0.25) is 5.88 Å². The first-order valence-electron chi connectivity index (χ1n) is 9.83. The largest absolute Gasteiger partial charge is 0.507 e. The molecule has 0 radical (unpaired) electrons. The van der Waals surface area contributed by atoms with E-state index in [0.29, 0.717) is 29.2 Å². The Bertz CT molecular complexity index is 988. The average molecular weight is 375 g/mol. The molecule has 2 N–H and O–H groups in total. The first-order valence-corrected chi connectivity index (χ1v) is 9.83. The van der Waals surface area contributed by atoms with Crippen LogP contribution >= 0.6 is 0 Å². The molecule has 3 aliphatic rings. The number of hydrogen-bond donors (Lipinski definition) is 2. The second-order valence-electron chi connectivity index (χ2n) is 8.08. The van der Waals surface area contributed by atoms with Crippen LogP contribution < -0.4 is 10.1 Å². The molecule has 2 saturated heterocycles. The van der Waals surface area contributed by atoms with E-state index in [-0.39, 0.29) is 11.9 Å². The van der Waals surface area contributed by atoms with Crippen molar-refractivity contribution >= 4 is 0 Å². The summed E-state index contributed by atoms with van der Waals surface area (Å²) in [6, 6.07) is 10.4. The molecule has 2 aromatic heterocycles. The standard InChI is InChI=1S/C21H21N5O2/c27-20-7-12(26-6-5-22-11-26)1-2-14(20)17-3-4-21(25-24-17)28-13-8-18-15-10-16(15)19(9-13)23-18/h1-7,11,13,15-16,18-19,23,27H,8-10H2. The summed E-state index contributed by atoms with van der Waals surface area (Å²) in [5.41, 5.74) is 2.10. The smallest absolute Gasteiger partial charge is 0.233 e. The minimum atomic E-state index is 0.156. The van der Waals surface area contributed by atoms with Gasteiger partial charge in [-0.1, -0.05) is 0 Å². The molecule has 6 rings (SSSR count). The number of phenols is 1. The lowest BCUT2D eigenvalue weighted by Crippen LogP contribution is -2.45. The summed E-state index contributed by atoms with van der Waals surface area (Å²) in [6.07, 6.45) is 8.94. The second kappa shape index (κ2) is 6.04. The van der Waals surface area contributed by atoms with Crippen molar-refractivity contribution in [1.29, 1.82) is 0 Å². The Kier molecular flexibility index (Phi) is 3.46. The van der Waals surface area contributed by atoms with Gasteiger partial charge in [-0.05, 0) is 36.5 Å². The summed E-state index contributed by atoms with van der Waals surface area (Å²) in [5.74, 6) is 2.46. The zero-order chi connectivity index (χ0) is 18.7. The van der Waals surface area contributed by atoms with E-state index < -0.39 is 0 Å². The third-order valence-electron chi connectivity index (χ3n) is 6.37. The van der Waals surface area contributed by atoms with Crippen LogP contribution in [0.2, 0.25) is 0 Å². The van der Waals surface area contributed by atoms with E-state index in [1.807, 2.05) is 35.0 Å². The SMILES string of the molecule is Oc1cc(-n2ccnc2)ccc1-c1ccc(OC2CC3NC(C2)C2CC32)nn1. The maximum Gasteiger partial charge on any atom is 0.233 e. The number of imidazole rings is 1. The third-order valence-corrected chi connectivity index (χ3v) is 6.37. The zero-order valence-electron chi connectivity index (χ0n) is 15.3. The number of piperidine rings is 2. The van der Waals surface area contributed by atoms with Gasteiger partial charge in [0.05, 0.1) is 17.7 Å². The van der Waals surface area contributed by atoms with E-state index in [1.165, 1.54) is 6.42 Å².